The van der Waals surface area contributed by atoms with Crippen LogP contribution >= 0.6 is 0 Å². The van der Waals surface area contributed by atoms with Crippen LogP contribution in [-0.2, 0) is 10.9 Å². The molecule has 0 aromatic heterocycles. The highest BCUT2D eigenvalue weighted by molar-refractivity contribution is 5.44. The number of hydrogen-bond donors (Lipinski definition) is 0. The molecule has 1 aromatic rings. The molecule has 0 radical (unpaired) electrons. The summed E-state index contributed by atoms with van der Waals surface area (Å²) in [4.78, 5) is 0. The van der Waals surface area contributed by atoms with Crippen LogP contribution in [0.5, 0.6) is 11.5 Å². The van der Waals surface area contributed by atoms with Crippen LogP contribution in [0.15, 0.2) is 12.1 Å². The van der Waals surface area contributed by atoms with E-state index in [1.54, 1.807) is 0 Å². The molecule has 0 amide bonds. The normalized spacial score (nSPS) is 20.6. The van der Waals surface area contributed by atoms with Gasteiger partial charge in [0.1, 0.15) is 11.3 Å². The molecule has 0 bridgehead atoms. The molecule has 29 heavy (non-hydrogen) atoms. The maximum Gasteiger partial charge on any atom is 0.422 e. The van der Waals surface area contributed by atoms with Gasteiger partial charge in [0.25, 0.3) is 0 Å². The summed E-state index contributed by atoms with van der Waals surface area (Å²) in [7, 11) is 0. The molecule has 1 aliphatic rings. The highest BCUT2D eigenvalue weighted by atomic mass is 19.4. The Labute approximate surface area is 166 Å². The van der Waals surface area contributed by atoms with Gasteiger partial charge in [-0.05, 0) is 50.7 Å². The largest absolute Gasteiger partial charge is 0.493 e. The Morgan fingerprint density at radius 1 is 0.966 bits per heavy atom. The third kappa shape index (κ3) is 6.69. The third-order valence-electron chi connectivity index (χ3n) is 4.89. The first-order chi connectivity index (χ1) is 13.6. The molecule has 1 fully saturated rings. The first-order valence-corrected chi connectivity index (χ1v) is 9.78. The summed E-state index contributed by atoms with van der Waals surface area (Å²) in [6.07, 6.45) is -4.28. The fourth-order valence-corrected chi connectivity index (χ4v) is 3.56. The van der Waals surface area contributed by atoms with Gasteiger partial charge in [-0.1, -0.05) is 19.8 Å². The van der Waals surface area contributed by atoms with Gasteiger partial charge >= 0.3 is 12.3 Å². The summed E-state index contributed by atoms with van der Waals surface area (Å²) in [6.45, 7) is 2.20. The Morgan fingerprint density at radius 2 is 1.59 bits per heavy atom. The zero-order valence-electron chi connectivity index (χ0n) is 16.5. The summed E-state index contributed by atoms with van der Waals surface area (Å²) in [5.74, 6) is -3.37. The standard InChI is InChI=1S/C20H26F6O3/c1-3-5-13-6-8-14(9-7-13)28-12-19(22,23)29-16-11-10-15(27-4-2)17(18(16)21)20(24,25)26/h10-11,13-14H,3-9,12H2,1-2H3. The van der Waals surface area contributed by atoms with E-state index >= 15 is 0 Å². The number of benzene rings is 1. The zero-order chi connectivity index (χ0) is 21.7. The first-order valence-electron chi connectivity index (χ1n) is 9.78. The molecule has 0 heterocycles. The van der Waals surface area contributed by atoms with Crippen molar-refractivity contribution in [1.82, 2.24) is 0 Å². The van der Waals surface area contributed by atoms with Gasteiger partial charge in [0, 0.05) is 0 Å². The Balaban J connectivity index is 2.02. The predicted octanol–water partition coefficient (Wildman–Crippen LogP) is 6.59. The maximum absolute atomic E-state index is 14.3. The van der Waals surface area contributed by atoms with Crippen LogP contribution < -0.4 is 9.47 Å². The van der Waals surface area contributed by atoms with E-state index in [9.17, 15) is 26.3 Å². The second-order valence-electron chi connectivity index (χ2n) is 7.16. The van der Waals surface area contributed by atoms with Crippen LogP contribution in [0.4, 0.5) is 26.3 Å². The second-order valence-corrected chi connectivity index (χ2v) is 7.16. The lowest BCUT2D eigenvalue weighted by Crippen LogP contribution is -2.35. The Kier molecular flexibility index (Phi) is 8.08. The van der Waals surface area contributed by atoms with Crippen molar-refractivity contribution in [3.8, 4) is 11.5 Å². The number of hydrogen-bond acceptors (Lipinski definition) is 3. The second kappa shape index (κ2) is 9.91. The summed E-state index contributed by atoms with van der Waals surface area (Å²) < 4.78 is 96.1. The topological polar surface area (TPSA) is 27.7 Å². The smallest absolute Gasteiger partial charge is 0.422 e. The van der Waals surface area contributed by atoms with Crippen molar-refractivity contribution < 1.29 is 40.6 Å². The molecular weight excluding hydrogens is 402 g/mol. The first kappa shape index (κ1) is 23.6. The molecule has 1 aromatic carbocycles. The Bertz CT molecular complexity index is 654. The van der Waals surface area contributed by atoms with E-state index in [0.29, 0.717) is 24.8 Å². The van der Waals surface area contributed by atoms with Crippen molar-refractivity contribution in [1.29, 1.82) is 0 Å². The van der Waals surface area contributed by atoms with Gasteiger partial charge < -0.3 is 14.2 Å². The molecule has 0 aliphatic heterocycles. The minimum atomic E-state index is -5.13. The zero-order valence-corrected chi connectivity index (χ0v) is 16.5. The number of ether oxygens (including phenoxy) is 3. The molecule has 166 valence electrons. The minimum absolute atomic E-state index is 0.146. The number of halogens is 6. The molecule has 0 N–H and O–H groups in total. The van der Waals surface area contributed by atoms with Crippen molar-refractivity contribution in [3.05, 3.63) is 23.5 Å². The van der Waals surface area contributed by atoms with Crippen LogP contribution in [-0.4, -0.2) is 25.4 Å². The lowest BCUT2D eigenvalue weighted by atomic mass is 9.85. The molecule has 1 aliphatic carbocycles. The van der Waals surface area contributed by atoms with E-state index in [4.69, 9.17) is 9.47 Å². The van der Waals surface area contributed by atoms with Gasteiger partial charge in [0.2, 0.25) is 0 Å². The summed E-state index contributed by atoms with van der Waals surface area (Å²) in [6, 6.07) is 1.45. The lowest BCUT2D eigenvalue weighted by Gasteiger charge is -2.29. The van der Waals surface area contributed by atoms with Crippen molar-refractivity contribution in [2.24, 2.45) is 5.92 Å². The van der Waals surface area contributed by atoms with Gasteiger partial charge in [-0.15, -0.1) is 0 Å². The van der Waals surface area contributed by atoms with Crippen LogP contribution in [0.25, 0.3) is 0 Å². The van der Waals surface area contributed by atoms with E-state index in [1.807, 2.05) is 0 Å². The van der Waals surface area contributed by atoms with Crippen LogP contribution in [0.1, 0.15) is 57.9 Å². The van der Waals surface area contributed by atoms with Crippen LogP contribution in [0, 0.1) is 11.7 Å². The average Bonchev–Trinajstić information content (AvgIpc) is 2.63. The average molecular weight is 428 g/mol. The summed E-state index contributed by atoms with van der Waals surface area (Å²) >= 11 is 0. The molecule has 0 saturated heterocycles. The molecule has 0 atom stereocenters. The minimum Gasteiger partial charge on any atom is -0.493 e. The van der Waals surface area contributed by atoms with Gasteiger partial charge in [0.15, 0.2) is 18.2 Å². The molecule has 2 rings (SSSR count). The van der Waals surface area contributed by atoms with E-state index < -0.39 is 41.8 Å². The van der Waals surface area contributed by atoms with E-state index in [-0.39, 0.29) is 12.7 Å². The maximum atomic E-state index is 14.3. The fraction of sp³-hybridized carbons (Fsp3) is 0.700. The number of rotatable bonds is 9. The van der Waals surface area contributed by atoms with Crippen LogP contribution in [0.3, 0.4) is 0 Å². The highest BCUT2D eigenvalue weighted by Gasteiger charge is 2.42. The Hall–Kier alpha value is -1.64. The number of alkyl halides is 5. The quantitative estimate of drug-likeness (QED) is 0.415. The molecule has 1 saturated carbocycles. The summed E-state index contributed by atoms with van der Waals surface area (Å²) in [5.41, 5.74) is -1.78. The molecule has 9 heteroatoms. The lowest BCUT2D eigenvalue weighted by molar-refractivity contribution is -0.224. The van der Waals surface area contributed by atoms with Crippen LogP contribution in [0.2, 0.25) is 0 Å². The predicted molar refractivity (Wildman–Crippen MR) is 94.8 cm³/mol. The SMILES string of the molecule is CCCC1CCC(OCC(F)(F)Oc2ccc(OCC)c(C(F)(F)F)c2F)CC1. The van der Waals surface area contributed by atoms with Crippen molar-refractivity contribution in [3.63, 3.8) is 0 Å². The van der Waals surface area contributed by atoms with Gasteiger partial charge in [-0.3, -0.25) is 0 Å². The molecule has 3 nitrogen and oxygen atoms in total. The monoisotopic (exact) mass is 428 g/mol. The van der Waals surface area contributed by atoms with Gasteiger partial charge in [-0.25, -0.2) is 4.39 Å². The summed E-state index contributed by atoms with van der Waals surface area (Å²) in [5, 5.41) is 0. The molecule has 0 unspecified atom stereocenters. The van der Waals surface area contributed by atoms with Crippen molar-refractivity contribution in [2.75, 3.05) is 13.2 Å². The van der Waals surface area contributed by atoms with Crippen molar-refractivity contribution >= 4 is 0 Å². The van der Waals surface area contributed by atoms with Gasteiger partial charge in [0.05, 0.1) is 12.7 Å². The fourth-order valence-electron chi connectivity index (χ4n) is 3.56. The molecule has 0 spiro atoms. The van der Waals surface area contributed by atoms with E-state index in [0.717, 1.165) is 31.7 Å². The third-order valence-corrected chi connectivity index (χ3v) is 4.89. The highest BCUT2D eigenvalue weighted by Crippen LogP contribution is 2.42. The Morgan fingerprint density at radius 3 is 2.14 bits per heavy atom. The van der Waals surface area contributed by atoms with Gasteiger partial charge in [-0.2, -0.15) is 22.0 Å². The van der Waals surface area contributed by atoms with E-state index in [2.05, 4.69) is 11.7 Å². The van der Waals surface area contributed by atoms with E-state index in [1.165, 1.54) is 6.92 Å². The molecular formula is C20H26F6O3. The van der Waals surface area contributed by atoms with Crippen molar-refractivity contribution in [2.45, 2.75) is 70.8 Å².